The van der Waals surface area contributed by atoms with Crippen LogP contribution < -0.4 is 10.6 Å². The summed E-state index contributed by atoms with van der Waals surface area (Å²) in [6.07, 6.45) is 5.50. The lowest BCUT2D eigenvalue weighted by Crippen LogP contribution is -2.39. The summed E-state index contributed by atoms with van der Waals surface area (Å²) in [5.74, 6) is 1.96. The highest BCUT2D eigenvalue weighted by molar-refractivity contribution is 5.81. The molecule has 2 fully saturated rings. The van der Waals surface area contributed by atoms with Crippen LogP contribution in [0.3, 0.4) is 0 Å². The summed E-state index contributed by atoms with van der Waals surface area (Å²) < 4.78 is 2.29. The van der Waals surface area contributed by atoms with Crippen LogP contribution in [-0.2, 0) is 17.8 Å². The first-order valence-corrected chi connectivity index (χ1v) is 7.43. The zero-order valence-corrected chi connectivity index (χ0v) is 11.1. The van der Waals surface area contributed by atoms with Crippen LogP contribution in [0.15, 0.2) is 0 Å². The van der Waals surface area contributed by atoms with Crippen LogP contribution in [0.4, 0.5) is 0 Å². The van der Waals surface area contributed by atoms with Gasteiger partial charge in [0, 0.05) is 37.7 Å². The Kier molecular flexibility index (Phi) is 2.62. The van der Waals surface area contributed by atoms with Gasteiger partial charge >= 0.3 is 0 Å². The molecule has 0 radical (unpaired) electrons. The summed E-state index contributed by atoms with van der Waals surface area (Å²) in [7, 11) is 0. The number of nitrogens with one attached hydrogen (secondary N) is 2. The SMILES string of the molecule is O=C1NCCCC1n1c(C2CC2)nc2c1CCNC2. The highest BCUT2D eigenvalue weighted by Crippen LogP contribution is 2.42. The molecule has 1 unspecified atom stereocenters. The first-order chi connectivity index (χ1) is 9.34. The Morgan fingerprint density at radius 1 is 1.21 bits per heavy atom. The molecule has 1 amide bonds. The van der Waals surface area contributed by atoms with E-state index in [0.717, 1.165) is 38.9 Å². The van der Waals surface area contributed by atoms with Gasteiger partial charge < -0.3 is 15.2 Å². The van der Waals surface area contributed by atoms with Gasteiger partial charge in [-0.3, -0.25) is 4.79 Å². The molecule has 5 heteroatoms. The molecule has 1 saturated heterocycles. The monoisotopic (exact) mass is 260 g/mol. The van der Waals surface area contributed by atoms with Crippen molar-refractivity contribution in [3.8, 4) is 0 Å². The van der Waals surface area contributed by atoms with Gasteiger partial charge in [-0.15, -0.1) is 0 Å². The van der Waals surface area contributed by atoms with E-state index in [-0.39, 0.29) is 11.9 Å². The predicted molar refractivity (Wildman–Crippen MR) is 70.9 cm³/mol. The van der Waals surface area contributed by atoms with Gasteiger partial charge in [0.1, 0.15) is 11.9 Å². The van der Waals surface area contributed by atoms with E-state index >= 15 is 0 Å². The van der Waals surface area contributed by atoms with Gasteiger partial charge in [0.25, 0.3) is 0 Å². The van der Waals surface area contributed by atoms with E-state index in [0.29, 0.717) is 5.92 Å². The van der Waals surface area contributed by atoms with Gasteiger partial charge in [-0.2, -0.15) is 0 Å². The number of nitrogens with zero attached hydrogens (tertiary/aromatic N) is 2. The number of carbonyl (C=O) groups is 1. The molecule has 1 atom stereocenters. The largest absolute Gasteiger partial charge is 0.354 e. The molecule has 19 heavy (non-hydrogen) atoms. The molecular weight excluding hydrogens is 240 g/mol. The first kappa shape index (κ1) is 11.5. The van der Waals surface area contributed by atoms with E-state index in [4.69, 9.17) is 4.98 Å². The molecule has 1 aromatic heterocycles. The molecular formula is C14H20N4O. The van der Waals surface area contributed by atoms with Crippen LogP contribution in [0.5, 0.6) is 0 Å². The number of aromatic nitrogens is 2. The maximum Gasteiger partial charge on any atom is 0.243 e. The second-order valence-electron chi connectivity index (χ2n) is 5.88. The number of piperidine rings is 1. The second-order valence-corrected chi connectivity index (χ2v) is 5.88. The van der Waals surface area contributed by atoms with Crippen LogP contribution in [0.25, 0.3) is 0 Å². The lowest BCUT2D eigenvalue weighted by atomic mass is 10.0. The number of hydrogen-bond donors (Lipinski definition) is 2. The zero-order chi connectivity index (χ0) is 12.8. The van der Waals surface area contributed by atoms with Crippen molar-refractivity contribution in [2.45, 2.75) is 50.6 Å². The third kappa shape index (κ3) is 1.87. The van der Waals surface area contributed by atoms with Crippen molar-refractivity contribution < 1.29 is 4.79 Å². The number of carbonyl (C=O) groups excluding carboxylic acids is 1. The highest BCUT2D eigenvalue weighted by atomic mass is 16.2. The van der Waals surface area contributed by atoms with Crippen LogP contribution in [0, 0.1) is 0 Å². The maximum atomic E-state index is 12.2. The topological polar surface area (TPSA) is 59.0 Å². The summed E-state index contributed by atoms with van der Waals surface area (Å²) in [5.41, 5.74) is 2.48. The minimum absolute atomic E-state index is 0.0151. The third-order valence-corrected chi connectivity index (χ3v) is 4.46. The van der Waals surface area contributed by atoms with E-state index < -0.39 is 0 Å². The van der Waals surface area contributed by atoms with E-state index in [9.17, 15) is 4.79 Å². The Bertz CT molecular complexity index is 518. The Hall–Kier alpha value is -1.36. The van der Waals surface area contributed by atoms with Gasteiger partial charge in [0.05, 0.1) is 5.69 Å². The van der Waals surface area contributed by atoms with Crippen LogP contribution in [0.2, 0.25) is 0 Å². The molecule has 102 valence electrons. The van der Waals surface area contributed by atoms with Crippen molar-refractivity contribution in [1.29, 1.82) is 0 Å². The average molecular weight is 260 g/mol. The van der Waals surface area contributed by atoms with Gasteiger partial charge in [-0.05, 0) is 25.7 Å². The number of amides is 1. The van der Waals surface area contributed by atoms with Crippen molar-refractivity contribution in [3.63, 3.8) is 0 Å². The minimum atomic E-state index is -0.0151. The smallest absolute Gasteiger partial charge is 0.243 e. The summed E-state index contributed by atoms with van der Waals surface area (Å²) >= 11 is 0. The Morgan fingerprint density at radius 3 is 2.89 bits per heavy atom. The molecule has 1 saturated carbocycles. The normalized spacial score (nSPS) is 26.9. The predicted octanol–water partition coefficient (Wildman–Crippen LogP) is 0.857. The summed E-state index contributed by atoms with van der Waals surface area (Å²) in [5, 5.41) is 6.39. The first-order valence-electron chi connectivity index (χ1n) is 7.43. The third-order valence-electron chi connectivity index (χ3n) is 4.46. The fraction of sp³-hybridized carbons (Fsp3) is 0.714. The van der Waals surface area contributed by atoms with E-state index in [1.165, 1.54) is 30.1 Å². The highest BCUT2D eigenvalue weighted by Gasteiger charge is 2.36. The maximum absolute atomic E-state index is 12.2. The standard InChI is InChI=1S/C14H20N4O/c19-14-12(2-1-6-16-14)18-11-5-7-15-8-10(11)17-13(18)9-3-4-9/h9,12,15H,1-8H2,(H,16,19). The number of imidazole rings is 1. The van der Waals surface area contributed by atoms with E-state index in [2.05, 4.69) is 15.2 Å². The molecule has 3 heterocycles. The lowest BCUT2D eigenvalue weighted by molar-refractivity contribution is -0.125. The lowest BCUT2D eigenvalue weighted by Gasteiger charge is -2.27. The Balaban J connectivity index is 1.79. The second kappa shape index (κ2) is 4.34. The molecule has 0 aromatic carbocycles. The van der Waals surface area contributed by atoms with Crippen molar-refractivity contribution in [2.75, 3.05) is 13.1 Å². The fourth-order valence-electron chi connectivity index (χ4n) is 3.33. The molecule has 0 spiro atoms. The van der Waals surface area contributed by atoms with Gasteiger partial charge in [0.15, 0.2) is 0 Å². The molecule has 2 N–H and O–H groups in total. The number of hydrogen-bond acceptors (Lipinski definition) is 3. The molecule has 4 rings (SSSR count). The molecule has 3 aliphatic rings. The van der Waals surface area contributed by atoms with Crippen molar-refractivity contribution >= 4 is 5.91 Å². The summed E-state index contributed by atoms with van der Waals surface area (Å²) in [6.45, 7) is 2.68. The molecule has 0 bridgehead atoms. The van der Waals surface area contributed by atoms with E-state index in [1.807, 2.05) is 0 Å². The minimum Gasteiger partial charge on any atom is -0.354 e. The van der Waals surface area contributed by atoms with Crippen LogP contribution in [-0.4, -0.2) is 28.5 Å². The van der Waals surface area contributed by atoms with Crippen molar-refractivity contribution in [1.82, 2.24) is 20.2 Å². The van der Waals surface area contributed by atoms with Gasteiger partial charge in [0.2, 0.25) is 5.91 Å². The summed E-state index contributed by atoms with van der Waals surface area (Å²) in [6, 6.07) is -0.0151. The van der Waals surface area contributed by atoms with Crippen LogP contribution >= 0.6 is 0 Å². The van der Waals surface area contributed by atoms with Crippen molar-refractivity contribution in [3.05, 3.63) is 17.2 Å². The molecule has 2 aliphatic heterocycles. The number of rotatable bonds is 2. The molecule has 5 nitrogen and oxygen atoms in total. The number of fused-ring (bicyclic) bond motifs is 1. The Labute approximate surface area is 112 Å². The van der Waals surface area contributed by atoms with Crippen molar-refractivity contribution in [2.24, 2.45) is 0 Å². The average Bonchev–Trinajstić information content (AvgIpc) is 3.21. The van der Waals surface area contributed by atoms with Gasteiger partial charge in [-0.25, -0.2) is 4.98 Å². The van der Waals surface area contributed by atoms with E-state index in [1.54, 1.807) is 0 Å². The fourth-order valence-corrected chi connectivity index (χ4v) is 3.33. The summed E-state index contributed by atoms with van der Waals surface area (Å²) in [4.78, 5) is 17.0. The van der Waals surface area contributed by atoms with Crippen LogP contribution in [0.1, 0.15) is 54.9 Å². The molecule has 1 aliphatic carbocycles. The van der Waals surface area contributed by atoms with Gasteiger partial charge in [-0.1, -0.05) is 0 Å². The quantitative estimate of drug-likeness (QED) is 0.829. The zero-order valence-electron chi connectivity index (χ0n) is 11.1. The Morgan fingerprint density at radius 2 is 2.11 bits per heavy atom. The molecule has 1 aromatic rings.